The molecular formula is C15H8F5NO5. The lowest BCUT2D eigenvalue weighted by molar-refractivity contribution is -0.385. The van der Waals surface area contributed by atoms with E-state index in [-0.39, 0.29) is 0 Å². The molecule has 0 aliphatic rings. The quantitative estimate of drug-likeness (QED) is 0.194. The summed E-state index contributed by atoms with van der Waals surface area (Å²) in [4.78, 5) is 21.6. The van der Waals surface area contributed by atoms with Crippen LogP contribution in [0.3, 0.4) is 0 Å². The van der Waals surface area contributed by atoms with Gasteiger partial charge in [0.05, 0.1) is 23.7 Å². The van der Waals surface area contributed by atoms with Gasteiger partial charge in [0.2, 0.25) is 34.8 Å². The molecule has 0 aliphatic carbocycles. The molecule has 0 atom stereocenters. The topological polar surface area (TPSA) is 78.7 Å². The first kappa shape index (κ1) is 19.1. The van der Waals surface area contributed by atoms with Gasteiger partial charge in [-0.15, -0.1) is 0 Å². The Kier molecular flexibility index (Phi) is 5.10. The van der Waals surface area contributed by atoms with Crippen LogP contribution in [0.4, 0.5) is 27.6 Å². The molecule has 2 rings (SSSR count). The van der Waals surface area contributed by atoms with Gasteiger partial charge in [-0.05, 0) is 6.92 Å². The molecule has 0 heterocycles. The fourth-order valence-electron chi connectivity index (χ4n) is 2.01. The summed E-state index contributed by atoms with van der Waals surface area (Å²) in [5.41, 5.74) is -1.21. The second-order valence-electron chi connectivity index (χ2n) is 4.83. The van der Waals surface area contributed by atoms with Gasteiger partial charge in [0.25, 0.3) is 5.69 Å². The monoisotopic (exact) mass is 377 g/mol. The van der Waals surface area contributed by atoms with E-state index in [4.69, 9.17) is 4.74 Å². The number of nitrogens with zero attached hydrogens (tertiary/aromatic N) is 1. The molecule has 2 aromatic carbocycles. The number of halogens is 5. The largest absolute Gasteiger partial charge is 0.493 e. The van der Waals surface area contributed by atoms with Crippen molar-refractivity contribution in [2.45, 2.75) is 6.92 Å². The highest BCUT2D eigenvalue weighted by atomic mass is 19.2. The van der Waals surface area contributed by atoms with Crippen LogP contribution >= 0.6 is 0 Å². The average molecular weight is 377 g/mol. The molecule has 0 N–H and O–H groups in total. The van der Waals surface area contributed by atoms with Gasteiger partial charge in [0.1, 0.15) is 0 Å². The summed E-state index contributed by atoms with van der Waals surface area (Å²) < 4.78 is 76.4. The van der Waals surface area contributed by atoms with Gasteiger partial charge in [-0.2, -0.15) is 8.78 Å². The average Bonchev–Trinajstić information content (AvgIpc) is 2.61. The minimum Gasteiger partial charge on any atom is -0.493 e. The molecule has 2 aromatic rings. The maximum Gasteiger partial charge on any atom is 0.284 e. The van der Waals surface area contributed by atoms with Crippen LogP contribution in [-0.2, 0) is 0 Å². The fourth-order valence-corrected chi connectivity index (χ4v) is 2.01. The van der Waals surface area contributed by atoms with E-state index in [1.165, 1.54) is 0 Å². The number of rotatable bonds is 5. The van der Waals surface area contributed by atoms with Crippen molar-refractivity contribution in [1.82, 2.24) is 0 Å². The van der Waals surface area contributed by atoms with Gasteiger partial charge in [0, 0.05) is 6.07 Å². The van der Waals surface area contributed by atoms with Crippen LogP contribution in [0.5, 0.6) is 17.2 Å². The van der Waals surface area contributed by atoms with E-state index in [1.807, 2.05) is 0 Å². The van der Waals surface area contributed by atoms with Crippen molar-refractivity contribution < 1.29 is 41.1 Å². The Bertz CT molecular complexity index is 902. The minimum absolute atomic E-state index is 0.398. The minimum atomic E-state index is -2.39. The number of hydrogen-bond donors (Lipinski definition) is 0. The standard InChI is InChI=1S/C15H8F5NO5/c1-5(22)6-3-8(25-2)9(4-7(6)21(23)24)26-15-13(19)11(17)10(16)12(18)14(15)20/h3-4H,1-2H3. The maximum absolute atomic E-state index is 13.7. The molecule has 6 nitrogen and oxygen atoms in total. The Morgan fingerprint density at radius 3 is 1.88 bits per heavy atom. The van der Waals surface area contributed by atoms with Gasteiger partial charge >= 0.3 is 0 Å². The van der Waals surface area contributed by atoms with Crippen LogP contribution in [0.25, 0.3) is 0 Å². The summed E-state index contributed by atoms with van der Waals surface area (Å²) in [6.07, 6.45) is 0. The summed E-state index contributed by atoms with van der Waals surface area (Å²) in [5, 5.41) is 11.1. The number of nitro groups is 1. The number of ketones is 1. The fraction of sp³-hybridized carbons (Fsp3) is 0.133. The smallest absolute Gasteiger partial charge is 0.284 e. The summed E-state index contributed by atoms with van der Waals surface area (Å²) in [7, 11) is 1.04. The predicted octanol–water partition coefficient (Wildman–Crippen LogP) is 4.29. The Labute approximate surface area is 141 Å². The van der Waals surface area contributed by atoms with Gasteiger partial charge in [0.15, 0.2) is 17.3 Å². The molecule has 0 fully saturated rings. The third-order valence-electron chi connectivity index (χ3n) is 3.24. The maximum atomic E-state index is 13.7. The molecule has 0 unspecified atom stereocenters. The predicted molar refractivity (Wildman–Crippen MR) is 76.0 cm³/mol. The van der Waals surface area contributed by atoms with Crippen LogP contribution in [0, 0.1) is 39.2 Å². The molecule has 0 saturated carbocycles. The van der Waals surface area contributed by atoms with Crippen molar-refractivity contribution in [3.05, 3.63) is 56.9 Å². The number of methoxy groups -OCH3 is 1. The summed E-state index contributed by atoms with van der Waals surface area (Å²) in [6.45, 7) is 1.02. The summed E-state index contributed by atoms with van der Waals surface area (Å²) >= 11 is 0. The van der Waals surface area contributed by atoms with Crippen LogP contribution in [0.1, 0.15) is 17.3 Å². The zero-order valence-electron chi connectivity index (χ0n) is 13.0. The van der Waals surface area contributed by atoms with Crippen molar-refractivity contribution in [2.24, 2.45) is 0 Å². The first-order valence-electron chi connectivity index (χ1n) is 6.66. The van der Waals surface area contributed by atoms with E-state index in [0.29, 0.717) is 6.07 Å². The first-order chi connectivity index (χ1) is 12.1. The highest BCUT2D eigenvalue weighted by Crippen LogP contribution is 2.40. The van der Waals surface area contributed by atoms with E-state index < -0.39 is 68.3 Å². The van der Waals surface area contributed by atoms with Gasteiger partial charge in [-0.1, -0.05) is 0 Å². The summed E-state index contributed by atoms with van der Waals surface area (Å²) in [5.74, 6) is -15.0. The van der Waals surface area contributed by atoms with Crippen molar-refractivity contribution in [3.8, 4) is 17.2 Å². The number of benzene rings is 2. The van der Waals surface area contributed by atoms with Crippen molar-refractivity contribution >= 4 is 11.5 Å². The van der Waals surface area contributed by atoms with E-state index in [1.54, 1.807) is 0 Å². The molecule has 0 bridgehead atoms. The normalized spacial score (nSPS) is 10.6. The second-order valence-corrected chi connectivity index (χ2v) is 4.83. The van der Waals surface area contributed by atoms with Crippen LogP contribution in [0.15, 0.2) is 12.1 Å². The lowest BCUT2D eigenvalue weighted by atomic mass is 10.1. The van der Waals surface area contributed by atoms with Crippen LogP contribution in [0.2, 0.25) is 0 Å². The molecule has 0 aliphatic heterocycles. The zero-order chi connectivity index (χ0) is 19.8. The van der Waals surface area contributed by atoms with E-state index in [2.05, 4.69) is 4.74 Å². The molecule has 0 radical (unpaired) electrons. The van der Waals surface area contributed by atoms with Crippen LogP contribution < -0.4 is 9.47 Å². The van der Waals surface area contributed by atoms with E-state index in [0.717, 1.165) is 20.1 Å². The van der Waals surface area contributed by atoms with Gasteiger partial charge < -0.3 is 9.47 Å². The Hall–Kier alpha value is -3.24. The number of nitro benzene ring substituents is 1. The summed E-state index contributed by atoms with van der Waals surface area (Å²) in [6, 6.07) is 1.43. The Balaban J connectivity index is 2.70. The first-order valence-corrected chi connectivity index (χ1v) is 6.66. The highest BCUT2D eigenvalue weighted by molar-refractivity contribution is 5.99. The van der Waals surface area contributed by atoms with E-state index >= 15 is 0 Å². The zero-order valence-corrected chi connectivity index (χ0v) is 13.0. The molecule has 0 aromatic heterocycles. The highest BCUT2D eigenvalue weighted by Gasteiger charge is 2.29. The third-order valence-corrected chi connectivity index (χ3v) is 3.24. The third kappa shape index (κ3) is 3.15. The van der Waals surface area contributed by atoms with Crippen molar-refractivity contribution in [2.75, 3.05) is 7.11 Å². The molecule has 0 amide bonds. The molecule has 0 saturated heterocycles. The lowest BCUT2D eigenvalue weighted by Gasteiger charge is -2.13. The molecule has 11 heteroatoms. The van der Waals surface area contributed by atoms with Crippen molar-refractivity contribution in [3.63, 3.8) is 0 Å². The number of ether oxygens (including phenoxy) is 2. The Morgan fingerprint density at radius 2 is 1.46 bits per heavy atom. The van der Waals surface area contributed by atoms with Gasteiger partial charge in [-0.25, -0.2) is 13.2 Å². The molecule has 138 valence electrons. The van der Waals surface area contributed by atoms with Crippen molar-refractivity contribution in [1.29, 1.82) is 0 Å². The second kappa shape index (κ2) is 6.94. The number of hydrogen-bond acceptors (Lipinski definition) is 5. The molecule has 0 spiro atoms. The Morgan fingerprint density at radius 1 is 0.962 bits per heavy atom. The SMILES string of the molecule is COc1cc(C(C)=O)c([N+](=O)[O-])cc1Oc1c(F)c(F)c(F)c(F)c1F. The molecule has 26 heavy (non-hydrogen) atoms. The number of carbonyl (C=O) groups is 1. The number of carbonyl (C=O) groups excluding carboxylic acids is 1. The lowest BCUT2D eigenvalue weighted by Crippen LogP contribution is -2.06. The van der Waals surface area contributed by atoms with Gasteiger partial charge in [-0.3, -0.25) is 14.9 Å². The van der Waals surface area contributed by atoms with Crippen LogP contribution in [-0.4, -0.2) is 17.8 Å². The molecular weight excluding hydrogens is 369 g/mol. The number of Topliss-reactive ketones (excluding diaryl/α,β-unsaturated/α-hetero) is 1. The van der Waals surface area contributed by atoms with E-state index in [9.17, 15) is 36.9 Å².